The highest BCUT2D eigenvalue weighted by molar-refractivity contribution is 6.76. The molecular weight excluding hydrogens is 925 g/mol. The Balaban J connectivity index is 1.10. The summed E-state index contributed by atoms with van der Waals surface area (Å²) in [6.07, 6.45) is 6.13. The van der Waals surface area contributed by atoms with E-state index in [1.165, 1.54) is 28.9 Å². The van der Waals surface area contributed by atoms with Crippen molar-refractivity contribution in [1.82, 2.24) is 9.80 Å². The van der Waals surface area contributed by atoms with Gasteiger partial charge in [-0.1, -0.05) is 70.2 Å². The Morgan fingerprint density at radius 3 is 1.59 bits per heavy atom. The van der Waals surface area contributed by atoms with Crippen LogP contribution in [-0.2, 0) is 19.1 Å². The highest BCUT2D eigenvalue weighted by Crippen LogP contribution is 2.43. The summed E-state index contributed by atoms with van der Waals surface area (Å²) in [5, 5.41) is 0. The summed E-state index contributed by atoms with van der Waals surface area (Å²) in [6, 6.07) is 14.4. The minimum absolute atomic E-state index is 0.0354. The highest BCUT2D eigenvalue weighted by atomic mass is 28.3. The van der Waals surface area contributed by atoms with Crippen molar-refractivity contribution >= 4 is 56.7 Å². The molecule has 0 fully saturated rings. The van der Waals surface area contributed by atoms with Crippen LogP contribution in [-0.4, -0.2) is 123 Å². The molecule has 3 aromatic carbocycles. The van der Waals surface area contributed by atoms with Gasteiger partial charge in [0.05, 0.1) is 57.0 Å². The van der Waals surface area contributed by atoms with Crippen LogP contribution in [0.4, 0.5) is 11.4 Å². The molecule has 4 heterocycles. The van der Waals surface area contributed by atoms with Gasteiger partial charge in [-0.05, 0) is 53.9 Å². The first-order valence-corrected chi connectivity index (χ1v) is 31.5. The maximum atomic E-state index is 14.6. The number of carbonyl (C=O) groups excluding carboxylic acids is 4. The molecule has 0 unspecified atom stereocenters. The van der Waals surface area contributed by atoms with Crippen molar-refractivity contribution in [2.45, 2.75) is 102 Å². The predicted molar refractivity (Wildman–Crippen MR) is 275 cm³/mol. The van der Waals surface area contributed by atoms with Crippen LogP contribution in [0.25, 0.3) is 5.57 Å². The van der Waals surface area contributed by atoms with Gasteiger partial charge in [-0.3, -0.25) is 29.0 Å². The molecule has 0 bridgehead atoms. The second kappa shape index (κ2) is 22.3. The van der Waals surface area contributed by atoms with Gasteiger partial charge in [-0.2, -0.15) is 0 Å². The molecule has 15 nitrogen and oxygen atoms in total. The van der Waals surface area contributed by atoms with Crippen LogP contribution in [0.15, 0.2) is 66.5 Å². The molecule has 4 aliphatic rings. The molecule has 0 N–H and O–H groups in total. The summed E-state index contributed by atoms with van der Waals surface area (Å²) >= 11 is 0. The molecule has 17 heteroatoms. The van der Waals surface area contributed by atoms with Crippen LogP contribution in [0.1, 0.15) is 65.3 Å². The van der Waals surface area contributed by atoms with Crippen molar-refractivity contribution in [1.29, 1.82) is 0 Å². The lowest BCUT2D eigenvalue weighted by atomic mass is 10.0. The van der Waals surface area contributed by atoms with Crippen LogP contribution in [0.3, 0.4) is 0 Å². The molecule has 2 atom stereocenters. The molecule has 0 aliphatic carbocycles. The molecule has 0 spiro atoms. The third-order valence-corrected chi connectivity index (χ3v) is 16.0. The number of amides is 4. The second-order valence-electron chi connectivity index (χ2n) is 20.3. The first kappa shape index (κ1) is 51.8. The lowest BCUT2D eigenvalue weighted by molar-refractivity contribution is -0.123. The number of ether oxygens (including phenoxy) is 7. The SMILES string of the molecule is CCCC#CC1=CN2C(=O)c3cc(OC)c(OCCCOc4cc5c(cc4OC)C(=O)N4C=C(c6ccc(OC)cc6)C[C@H]4C(=O)N5COCC[Si](C)(C)C)cc3N(COCC[Si](C)(C)C)C(=O)[C@@H]2C1. The van der Waals surface area contributed by atoms with Gasteiger partial charge in [0.1, 0.15) is 31.3 Å². The molecule has 0 saturated carbocycles. The Hall–Kier alpha value is -6.07. The Bertz CT molecular complexity index is 2570. The van der Waals surface area contributed by atoms with Crippen molar-refractivity contribution < 1.29 is 52.3 Å². The van der Waals surface area contributed by atoms with Crippen molar-refractivity contribution in [3.05, 3.63) is 83.2 Å². The third-order valence-electron chi connectivity index (χ3n) is 12.6. The van der Waals surface area contributed by atoms with Crippen molar-refractivity contribution in [3.63, 3.8) is 0 Å². The summed E-state index contributed by atoms with van der Waals surface area (Å²) in [5.41, 5.74) is 3.79. The number of unbranched alkanes of at least 4 members (excludes halogenated alkanes) is 1. The lowest BCUT2D eigenvalue weighted by Gasteiger charge is -2.27. The average Bonchev–Trinajstić information content (AvgIpc) is 3.95. The molecule has 0 aromatic heterocycles. The van der Waals surface area contributed by atoms with E-state index in [1.807, 2.05) is 24.3 Å². The number of anilines is 2. The number of hydrogen-bond acceptors (Lipinski definition) is 11. The summed E-state index contributed by atoms with van der Waals surface area (Å²) in [4.78, 5) is 63.8. The van der Waals surface area contributed by atoms with Crippen molar-refractivity contribution in [3.8, 4) is 40.6 Å². The zero-order chi connectivity index (χ0) is 50.3. The third kappa shape index (κ3) is 11.9. The van der Waals surface area contributed by atoms with E-state index < -0.39 is 28.2 Å². The molecule has 0 saturated heterocycles. The van der Waals surface area contributed by atoms with Gasteiger partial charge in [0.25, 0.3) is 23.6 Å². The maximum absolute atomic E-state index is 14.6. The van der Waals surface area contributed by atoms with Crippen LogP contribution in [0.2, 0.25) is 51.4 Å². The van der Waals surface area contributed by atoms with Gasteiger partial charge in [-0.15, -0.1) is 0 Å². The fourth-order valence-electron chi connectivity index (χ4n) is 8.49. The maximum Gasteiger partial charge on any atom is 0.260 e. The number of fused-ring (bicyclic) bond motifs is 4. The normalized spacial score (nSPS) is 17.7. The summed E-state index contributed by atoms with van der Waals surface area (Å²) in [5.74, 6) is 7.12. The summed E-state index contributed by atoms with van der Waals surface area (Å²) in [6.45, 7) is 16.9. The topological polar surface area (TPSA) is 146 Å². The average molecular weight is 993 g/mol. The van der Waals surface area contributed by atoms with Gasteiger partial charge in [-0.25, -0.2) is 0 Å². The molecule has 70 heavy (non-hydrogen) atoms. The van der Waals surface area contributed by atoms with Crippen LogP contribution >= 0.6 is 0 Å². The second-order valence-corrected chi connectivity index (χ2v) is 31.5. The Morgan fingerprint density at radius 2 is 1.11 bits per heavy atom. The summed E-state index contributed by atoms with van der Waals surface area (Å²) in [7, 11) is 1.74. The van der Waals surface area contributed by atoms with E-state index in [2.05, 4.69) is 58.0 Å². The minimum atomic E-state index is -1.44. The van der Waals surface area contributed by atoms with Crippen molar-refractivity contribution in [2.75, 3.05) is 71.0 Å². The lowest BCUT2D eigenvalue weighted by Crippen LogP contribution is -2.45. The molecule has 4 amide bonds. The summed E-state index contributed by atoms with van der Waals surface area (Å²) < 4.78 is 41.9. The minimum Gasteiger partial charge on any atom is -0.497 e. The van der Waals surface area contributed by atoms with Gasteiger partial charge in [0.15, 0.2) is 23.0 Å². The monoisotopic (exact) mass is 992 g/mol. The van der Waals surface area contributed by atoms with E-state index in [9.17, 15) is 19.2 Å². The largest absolute Gasteiger partial charge is 0.497 e. The van der Waals surface area contributed by atoms with Gasteiger partial charge in [0.2, 0.25) is 0 Å². The van der Waals surface area contributed by atoms with Crippen LogP contribution in [0, 0.1) is 11.8 Å². The number of benzene rings is 3. The van der Waals surface area contributed by atoms with Gasteiger partial charge in [0, 0.05) is 85.2 Å². The predicted octanol–water partition coefficient (Wildman–Crippen LogP) is 9.04. The Kier molecular flexibility index (Phi) is 16.5. The van der Waals surface area contributed by atoms with Gasteiger partial charge < -0.3 is 43.0 Å². The van der Waals surface area contributed by atoms with E-state index in [0.717, 1.165) is 41.6 Å². The van der Waals surface area contributed by atoms with Gasteiger partial charge >= 0.3 is 0 Å². The number of hydrogen-bond donors (Lipinski definition) is 0. The van der Waals surface area contributed by atoms with Crippen LogP contribution in [0.5, 0.6) is 28.7 Å². The van der Waals surface area contributed by atoms with E-state index in [1.54, 1.807) is 48.7 Å². The molecule has 3 aromatic rings. The van der Waals surface area contributed by atoms with Crippen LogP contribution < -0.4 is 33.5 Å². The fourth-order valence-corrected chi connectivity index (χ4v) is 10.0. The molecule has 7 rings (SSSR count). The first-order valence-electron chi connectivity index (χ1n) is 24.1. The number of methoxy groups -OCH3 is 3. The highest BCUT2D eigenvalue weighted by Gasteiger charge is 2.45. The zero-order valence-electron chi connectivity index (χ0n) is 42.4. The number of rotatable bonds is 21. The van der Waals surface area contributed by atoms with Crippen molar-refractivity contribution in [2.24, 2.45) is 0 Å². The van der Waals surface area contributed by atoms with E-state index in [-0.39, 0.29) is 61.4 Å². The standard InChI is InChI=1S/C53H68N4O11Si2/c1-11-12-13-15-36-26-44-52(60)56(34-65-22-24-69(5,6)7)42-30-48(46(63-3)28-40(42)50(58)54(44)32-36)67-20-14-21-68-49-31-43-41(29-47(49)64-4)51(59)55-33-38(37-16-18-39(62-2)19-17-37)27-45(55)53(61)57(43)35-66-23-25-70(8,9)10/h16-19,28-33,44-45H,11-12,14,20-27,34-35H2,1-10H3/t44-,45-/m0/s1. The quantitative estimate of drug-likeness (QED) is 0.0573. The first-order chi connectivity index (χ1) is 33.4. The molecule has 0 radical (unpaired) electrons. The molecular formula is C53H68N4O11Si2. The number of nitrogens with zero attached hydrogens (tertiary/aromatic N) is 4. The zero-order valence-corrected chi connectivity index (χ0v) is 44.4. The van der Waals surface area contributed by atoms with E-state index in [0.29, 0.717) is 72.6 Å². The Labute approximate surface area is 414 Å². The smallest absolute Gasteiger partial charge is 0.260 e. The fraction of sp³-hybridized carbons (Fsp3) is 0.472. The Morgan fingerprint density at radius 1 is 0.614 bits per heavy atom. The van der Waals surface area contributed by atoms with E-state index in [4.69, 9.17) is 33.2 Å². The van der Waals surface area contributed by atoms with E-state index >= 15 is 0 Å². The molecule has 374 valence electrons. The molecule has 4 aliphatic heterocycles. The number of carbonyl (C=O) groups is 4.